The molecule has 1 aromatic heterocycles. The number of aromatic nitrogens is 2. The summed E-state index contributed by atoms with van der Waals surface area (Å²) in [6.07, 6.45) is 3.49. The lowest BCUT2D eigenvalue weighted by Crippen LogP contribution is -2.51. The van der Waals surface area contributed by atoms with E-state index in [2.05, 4.69) is 5.10 Å². The fraction of sp³-hybridized carbons (Fsp3) is 0.643. The van der Waals surface area contributed by atoms with Gasteiger partial charge < -0.3 is 14.9 Å². The van der Waals surface area contributed by atoms with Crippen molar-refractivity contribution in [3.8, 4) is 0 Å². The van der Waals surface area contributed by atoms with Crippen LogP contribution >= 0.6 is 0 Å². The Balaban J connectivity index is 2.76. The average molecular weight is 296 g/mol. The van der Waals surface area contributed by atoms with Crippen LogP contribution in [-0.2, 0) is 18.4 Å². The largest absolute Gasteiger partial charge is 0.481 e. The molecule has 0 atom stereocenters. The molecule has 21 heavy (non-hydrogen) atoms. The van der Waals surface area contributed by atoms with Crippen molar-refractivity contribution >= 4 is 12.0 Å². The van der Waals surface area contributed by atoms with Crippen LogP contribution in [0.3, 0.4) is 0 Å². The molecule has 0 saturated carbocycles. The van der Waals surface area contributed by atoms with Crippen LogP contribution in [-0.4, -0.2) is 55.8 Å². The van der Waals surface area contributed by atoms with E-state index in [-0.39, 0.29) is 19.0 Å². The van der Waals surface area contributed by atoms with Crippen molar-refractivity contribution < 1.29 is 14.7 Å². The van der Waals surface area contributed by atoms with Gasteiger partial charge in [0.15, 0.2) is 0 Å². The zero-order valence-electron chi connectivity index (χ0n) is 13.3. The Kier molecular flexibility index (Phi) is 5.34. The first-order chi connectivity index (χ1) is 9.61. The standard InChI is InChI=1S/C14H24N4O3/c1-14(2,3)18(7-6-12(19)20)13(21)16(4)9-11-8-15-17(5)10-11/h8,10H,6-7,9H2,1-5H3,(H,19,20). The number of carbonyl (C=O) groups excluding carboxylic acids is 1. The van der Waals surface area contributed by atoms with Crippen LogP contribution in [0.2, 0.25) is 0 Å². The number of urea groups is 1. The highest BCUT2D eigenvalue weighted by atomic mass is 16.4. The maximum atomic E-state index is 12.5. The predicted molar refractivity (Wildman–Crippen MR) is 78.8 cm³/mol. The molecule has 118 valence electrons. The van der Waals surface area contributed by atoms with Gasteiger partial charge >= 0.3 is 12.0 Å². The molecule has 0 aliphatic rings. The van der Waals surface area contributed by atoms with Gasteiger partial charge in [0.1, 0.15) is 0 Å². The maximum absolute atomic E-state index is 12.5. The number of carboxylic acids is 1. The molecule has 1 aromatic rings. The van der Waals surface area contributed by atoms with Crippen LogP contribution in [0.15, 0.2) is 12.4 Å². The van der Waals surface area contributed by atoms with Crippen molar-refractivity contribution in [1.82, 2.24) is 19.6 Å². The van der Waals surface area contributed by atoms with Crippen molar-refractivity contribution in [2.24, 2.45) is 7.05 Å². The highest BCUT2D eigenvalue weighted by Gasteiger charge is 2.29. The molecule has 1 N–H and O–H groups in total. The van der Waals surface area contributed by atoms with Gasteiger partial charge in [-0.15, -0.1) is 0 Å². The fourth-order valence-electron chi connectivity index (χ4n) is 2.03. The first kappa shape index (κ1) is 17.0. The summed E-state index contributed by atoms with van der Waals surface area (Å²) in [5, 5.41) is 12.9. The van der Waals surface area contributed by atoms with Gasteiger partial charge in [0.25, 0.3) is 0 Å². The molecular weight excluding hydrogens is 272 g/mol. The quantitative estimate of drug-likeness (QED) is 0.894. The predicted octanol–water partition coefficient (Wildman–Crippen LogP) is 1.55. The topological polar surface area (TPSA) is 78.7 Å². The summed E-state index contributed by atoms with van der Waals surface area (Å²) in [4.78, 5) is 26.5. The van der Waals surface area contributed by atoms with Crippen molar-refractivity contribution in [3.63, 3.8) is 0 Å². The van der Waals surface area contributed by atoms with Crippen LogP contribution < -0.4 is 0 Å². The number of amides is 2. The number of rotatable bonds is 5. The normalized spacial score (nSPS) is 11.3. The number of nitrogens with zero attached hydrogens (tertiary/aromatic N) is 4. The van der Waals surface area contributed by atoms with Crippen LogP contribution in [0.4, 0.5) is 4.79 Å². The zero-order valence-corrected chi connectivity index (χ0v) is 13.3. The first-order valence-corrected chi connectivity index (χ1v) is 6.83. The molecule has 1 rings (SSSR count). The Morgan fingerprint density at radius 2 is 2.00 bits per heavy atom. The van der Waals surface area contributed by atoms with Crippen LogP contribution in [0.25, 0.3) is 0 Å². The Labute approximate surface area is 125 Å². The molecule has 7 heteroatoms. The summed E-state index contributed by atoms with van der Waals surface area (Å²) in [6.45, 7) is 6.31. The summed E-state index contributed by atoms with van der Waals surface area (Å²) >= 11 is 0. The highest BCUT2D eigenvalue weighted by Crippen LogP contribution is 2.17. The molecule has 0 aliphatic carbocycles. The fourth-order valence-corrected chi connectivity index (χ4v) is 2.03. The lowest BCUT2D eigenvalue weighted by Gasteiger charge is -2.38. The molecular formula is C14H24N4O3. The number of hydrogen-bond acceptors (Lipinski definition) is 3. The summed E-state index contributed by atoms with van der Waals surface area (Å²) in [6, 6.07) is -0.187. The van der Waals surface area contributed by atoms with E-state index in [0.29, 0.717) is 6.54 Å². The Morgan fingerprint density at radius 1 is 1.38 bits per heavy atom. The number of carbonyl (C=O) groups is 2. The van der Waals surface area contributed by atoms with Gasteiger partial charge in [-0.25, -0.2) is 4.79 Å². The third kappa shape index (κ3) is 5.09. The first-order valence-electron chi connectivity index (χ1n) is 6.83. The molecule has 0 aliphatic heterocycles. The van der Waals surface area contributed by atoms with Crippen LogP contribution in [0.1, 0.15) is 32.8 Å². The molecule has 7 nitrogen and oxygen atoms in total. The molecule has 0 fully saturated rings. The molecule has 0 saturated heterocycles. The maximum Gasteiger partial charge on any atom is 0.320 e. The smallest absolute Gasteiger partial charge is 0.320 e. The van der Waals surface area contributed by atoms with Gasteiger partial charge in [-0.05, 0) is 20.8 Å². The second-order valence-electron chi connectivity index (χ2n) is 6.13. The van der Waals surface area contributed by atoms with E-state index in [1.54, 1.807) is 27.7 Å². The van der Waals surface area contributed by atoms with Gasteiger partial charge in [0.05, 0.1) is 19.2 Å². The molecule has 0 aromatic carbocycles. The molecule has 0 spiro atoms. The molecule has 0 bridgehead atoms. The molecule has 0 radical (unpaired) electrons. The van der Waals surface area contributed by atoms with Crippen LogP contribution in [0.5, 0.6) is 0 Å². The Bertz CT molecular complexity index is 505. The summed E-state index contributed by atoms with van der Waals surface area (Å²) in [5.41, 5.74) is 0.496. The van der Waals surface area contributed by atoms with E-state index < -0.39 is 11.5 Å². The zero-order chi connectivity index (χ0) is 16.2. The van der Waals surface area contributed by atoms with Gasteiger partial charge in [-0.1, -0.05) is 0 Å². The highest BCUT2D eigenvalue weighted by molar-refractivity contribution is 5.76. The summed E-state index contributed by atoms with van der Waals surface area (Å²) < 4.78 is 1.68. The van der Waals surface area contributed by atoms with E-state index in [9.17, 15) is 9.59 Å². The molecule has 0 unspecified atom stereocenters. The average Bonchev–Trinajstić information content (AvgIpc) is 2.72. The van der Waals surface area contributed by atoms with Gasteiger partial charge in [-0.2, -0.15) is 5.10 Å². The van der Waals surface area contributed by atoms with E-state index in [0.717, 1.165) is 5.56 Å². The van der Waals surface area contributed by atoms with Crippen molar-refractivity contribution in [2.45, 2.75) is 39.3 Å². The van der Waals surface area contributed by atoms with Crippen LogP contribution in [0, 0.1) is 0 Å². The van der Waals surface area contributed by atoms with Crippen molar-refractivity contribution in [2.75, 3.05) is 13.6 Å². The third-order valence-corrected chi connectivity index (χ3v) is 3.09. The minimum absolute atomic E-state index is 0.0657. The summed E-state index contributed by atoms with van der Waals surface area (Å²) in [5.74, 6) is -0.910. The van der Waals surface area contributed by atoms with Gasteiger partial charge in [0.2, 0.25) is 0 Å². The molecule has 1 heterocycles. The van der Waals surface area contributed by atoms with E-state index in [1.165, 1.54) is 0 Å². The minimum Gasteiger partial charge on any atom is -0.481 e. The number of hydrogen-bond donors (Lipinski definition) is 1. The van der Waals surface area contributed by atoms with Crippen molar-refractivity contribution in [1.29, 1.82) is 0 Å². The number of aliphatic carboxylic acids is 1. The SMILES string of the molecule is CN(Cc1cnn(C)c1)C(=O)N(CCC(=O)O)C(C)(C)C. The number of aryl methyl sites for hydroxylation is 1. The van der Waals surface area contributed by atoms with E-state index in [1.807, 2.05) is 34.0 Å². The Hall–Kier alpha value is -2.05. The van der Waals surface area contributed by atoms with Gasteiger partial charge in [-0.3, -0.25) is 9.48 Å². The lowest BCUT2D eigenvalue weighted by molar-refractivity contribution is -0.137. The molecule has 2 amide bonds. The lowest BCUT2D eigenvalue weighted by atomic mass is 10.1. The third-order valence-electron chi connectivity index (χ3n) is 3.09. The monoisotopic (exact) mass is 296 g/mol. The number of carboxylic acid groups (broad SMARTS) is 1. The second-order valence-corrected chi connectivity index (χ2v) is 6.13. The minimum atomic E-state index is -0.910. The van der Waals surface area contributed by atoms with Crippen molar-refractivity contribution in [3.05, 3.63) is 18.0 Å². The van der Waals surface area contributed by atoms with E-state index >= 15 is 0 Å². The van der Waals surface area contributed by atoms with Gasteiger partial charge in [0, 0.05) is 37.9 Å². The second kappa shape index (κ2) is 6.60. The van der Waals surface area contributed by atoms with E-state index in [4.69, 9.17) is 5.11 Å². The Morgan fingerprint density at radius 3 is 2.43 bits per heavy atom. The summed E-state index contributed by atoms with van der Waals surface area (Å²) in [7, 11) is 3.52.